The maximum Gasteiger partial charge on any atom is 0.191 e. The number of methoxy groups -OCH3 is 2. The first-order valence-corrected chi connectivity index (χ1v) is 10.1. The first-order chi connectivity index (χ1) is 14.3. The minimum absolute atomic E-state index is 0. The molecule has 0 bridgehead atoms. The van der Waals surface area contributed by atoms with E-state index < -0.39 is 0 Å². The van der Waals surface area contributed by atoms with Crippen LogP contribution >= 0.6 is 24.0 Å². The number of pyridine rings is 1. The number of benzene rings is 1. The molecule has 30 heavy (non-hydrogen) atoms. The van der Waals surface area contributed by atoms with Gasteiger partial charge in [0.05, 0.1) is 14.2 Å². The summed E-state index contributed by atoms with van der Waals surface area (Å²) in [6.45, 7) is 5.39. The van der Waals surface area contributed by atoms with Crippen molar-refractivity contribution in [2.24, 2.45) is 4.99 Å². The van der Waals surface area contributed by atoms with E-state index in [-0.39, 0.29) is 24.0 Å². The second-order valence-electron chi connectivity index (χ2n) is 6.48. The lowest BCUT2D eigenvalue weighted by atomic mass is 10.1. The summed E-state index contributed by atoms with van der Waals surface area (Å²) in [5.74, 6) is 3.27. The summed E-state index contributed by atoms with van der Waals surface area (Å²) in [6.07, 6.45) is 4.74. The van der Waals surface area contributed by atoms with E-state index in [0.717, 1.165) is 68.7 Å². The molecule has 2 aromatic rings. The molecular formula is C22H34IN5O2. The molecule has 2 rings (SSSR count). The SMILES string of the molecule is CCNC(=NCCCCNc1ccccn1)NCCc1ccc(OC)c(OC)c1.I. The Balaban J connectivity index is 0.00000450. The number of rotatable bonds is 12. The summed E-state index contributed by atoms with van der Waals surface area (Å²) < 4.78 is 10.7. The van der Waals surface area contributed by atoms with Crippen molar-refractivity contribution >= 4 is 35.8 Å². The van der Waals surface area contributed by atoms with Gasteiger partial charge in [-0.3, -0.25) is 4.99 Å². The molecule has 1 aromatic carbocycles. The minimum Gasteiger partial charge on any atom is -0.493 e. The Morgan fingerprint density at radius 2 is 1.83 bits per heavy atom. The van der Waals surface area contributed by atoms with Crippen LogP contribution in [0.2, 0.25) is 0 Å². The molecule has 0 atom stereocenters. The lowest BCUT2D eigenvalue weighted by molar-refractivity contribution is 0.354. The van der Waals surface area contributed by atoms with Crippen LogP contribution in [0.15, 0.2) is 47.6 Å². The van der Waals surface area contributed by atoms with E-state index in [1.807, 2.05) is 30.3 Å². The Labute approximate surface area is 197 Å². The summed E-state index contributed by atoms with van der Waals surface area (Å²) in [4.78, 5) is 8.91. The van der Waals surface area contributed by atoms with Gasteiger partial charge in [-0.05, 0) is 56.0 Å². The second-order valence-corrected chi connectivity index (χ2v) is 6.48. The van der Waals surface area contributed by atoms with Crippen molar-refractivity contribution in [3.05, 3.63) is 48.2 Å². The smallest absolute Gasteiger partial charge is 0.191 e. The van der Waals surface area contributed by atoms with Gasteiger partial charge in [-0.2, -0.15) is 0 Å². The van der Waals surface area contributed by atoms with Crippen molar-refractivity contribution < 1.29 is 9.47 Å². The molecule has 0 aliphatic rings. The summed E-state index contributed by atoms with van der Waals surface area (Å²) in [5, 5.41) is 10.0. The van der Waals surface area contributed by atoms with E-state index in [9.17, 15) is 0 Å². The predicted octanol–water partition coefficient (Wildman–Crippen LogP) is 3.71. The Bertz CT molecular complexity index is 744. The zero-order chi connectivity index (χ0) is 20.7. The van der Waals surface area contributed by atoms with E-state index in [1.54, 1.807) is 20.4 Å². The quantitative estimate of drug-likeness (QED) is 0.169. The highest BCUT2D eigenvalue weighted by Crippen LogP contribution is 2.27. The molecule has 0 aliphatic heterocycles. The van der Waals surface area contributed by atoms with Gasteiger partial charge in [-0.25, -0.2) is 4.98 Å². The van der Waals surface area contributed by atoms with Gasteiger partial charge in [-0.1, -0.05) is 12.1 Å². The predicted molar refractivity (Wildman–Crippen MR) is 135 cm³/mol. The molecule has 0 saturated carbocycles. The van der Waals surface area contributed by atoms with Gasteiger partial charge in [0.25, 0.3) is 0 Å². The monoisotopic (exact) mass is 527 g/mol. The number of aliphatic imine (C=N–C) groups is 1. The normalized spacial score (nSPS) is 10.7. The van der Waals surface area contributed by atoms with Crippen molar-refractivity contribution in [1.29, 1.82) is 0 Å². The first-order valence-electron chi connectivity index (χ1n) is 10.1. The third-order valence-electron chi connectivity index (χ3n) is 4.32. The van der Waals surface area contributed by atoms with Crippen LogP contribution in [0.25, 0.3) is 0 Å². The molecular weight excluding hydrogens is 493 g/mol. The maximum absolute atomic E-state index is 5.37. The maximum atomic E-state index is 5.37. The van der Waals surface area contributed by atoms with Gasteiger partial charge in [0.2, 0.25) is 0 Å². The number of nitrogens with one attached hydrogen (secondary N) is 3. The van der Waals surface area contributed by atoms with Crippen LogP contribution in [0.3, 0.4) is 0 Å². The van der Waals surface area contributed by atoms with Gasteiger partial charge in [0, 0.05) is 32.4 Å². The largest absolute Gasteiger partial charge is 0.493 e. The van der Waals surface area contributed by atoms with Crippen LogP contribution < -0.4 is 25.4 Å². The number of hydrogen-bond donors (Lipinski definition) is 3. The molecule has 0 fully saturated rings. The van der Waals surface area contributed by atoms with Crippen molar-refractivity contribution in [2.75, 3.05) is 45.7 Å². The number of nitrogens with zero attached hydrogens (tertiary/aromatic N) is 2. The molecule has 0 unspecified atom stereocenters. The van der Waals surface area contributed by atoms with Crippen LogP contribution in [0.4, 0.5) is 5.82 Å². The van der Waals surface area contributed by atoms with E-state index in [0.29, 0.717) is 0 Å². The van der Waals surface area contributed by atoms with Crippen molar-refractivity contribution in [3.63, 3.8) is 0 Å². The Morgan fingerprint density at radius 3 is 2.53 bits per heavy atom. The van der Waals surface area contributed by atoms with Crippen LogP contribution in [0.1, 0.15) is 25.3 Å². The summed E-state index contributed by atoms with van der Waals surface area (Å²) >= 11 is 0. The highest BCUT2D eigenvalue weighted by Gasteiger charge is 2.05. The fourth-order valence-electron chi connectivity index (χ4n) is 2.81. The van der Waals surface area contributed by atoms with Gasteiger partial charge in [0.15, 0.2) is 17.5 Å². The summed E-state index contributed by atoms with van der Waals surface area (Å²) in [5.41, 5.74) is 1.19. The van der Waals surface area contributed by atoms with Crippen LogP contribution in [0, 0.1) is 0 Å². The average molecular weight is 527 g/mol. The molecule has 0 amide bonds. The van der Waals surface area contributed by atoms with Gasteiger partial charge in [-0.15, -0.1) is 24.0 Å². The highest BCUT2D eigenvalue weighted by atomic mass is 127. The summed E-state index contributed by atoms with van der Waals surface area (Å²) in [6, 6.07) is 11.9. The Kier molecular flexibility index (Phi) is 13.4. The van der Waals surface area contributed by atoms with Crippen LogP contribution in [-0.2, 0) is 6.42 Å². The number of anilines is 1. The summed E-state index contributed by atoms with van der Waals surface area (Å²) in [7, 11) is 3.30. The highest BCUT2D eigenvalue weighted by molar-refractivity contribution is 14.0. The fraction of sp³-hybridized carbons (Fsp3) is 0.455. The molecule has 1 heterocycles. The number of hydrogen-bond acceptors (Lipinski definition) is 5. The molecule has 166 valence electrons. The lowest BCUT2D eigenvalue weighted by Gasteiger charge is -2.13. The number of guanidine groups is 1. The lowest BCUT2D eigenvalue weighted by Crippen LogP contribution is -2.38. The molecule has 0 spiro atoms. The Morgan fingerprint density at radius 1 is 1.00 bits per heavy atom. The number of aromatic nitrogens is 1. The molecule has 1 aromatic heterocycles. The standard InChI is InChI=1S/C22H33N5O2.HI/c1-4-23-22(26-15-8-7-14-25-21-9-5-6-13-24-21)27-16-12-18-10-11-19(28-2)20(17-18)29-3;/h5-6,9-11,13,17H,4,7-8,12,14-16H2,1-3H3,(H,24,25)(H2,23,26,27);1H. The third-order valence-corrected chi connectivity index (χ3v) is 4.32. The van der Waals surface area contributed by atoms with Crippen molar-refractivity contribution in [2.45, 2.75) is 26.2 Å². The minimum atomic E-state index is 0. The molecule has 0 radical (unpaired) electrons. The number of halogens is 1. The van der Waals surface area contributed by atoms with Crippen molar-refractivity contribution in [1.82, 2.24) is 15.6 Å². The molecule has 0 aliphatic carbocycles. The zero-order valence-electron chi connectivity index (χ0n) is 18.1. The van der Waals surface area contributed by atoms with Gasteiger partial charge < -0.3 is 25.4 Å². The van der Waals surface area contributed by atoms with E-state index in [2.05, 4.69) is 38.9 Å². The third kappa shape index (κ3) is 9.51. The second kappa shape index (κ2) is 15.6. The molecule has 0 saturated heterocycles. The number of ether oxygens (including phenoxy) is 2. The van der Waals surface area contributed by atoms with Crippen molar-refractivity contribution in [3.8, 4) is 11.5 Å². The van der Waals surface area contributed by atoms with Crippen LogP contribution in [0.5, 0.6) is 11.5 Å². The van der Waals surface area contributed by atoms with Crippen LogP contribution in [-0.4, -0.2) is 51.3 Å². The van der Waals surface area contributed by atoms with E-state index in [1.165, 1.54) is 5.56 Å². The average Bonchev–Trinajstić information content (AvgIpc) is 2.76. The van der Waals surface area contributed by atoms with E-state index in [4.69, 9.17) is 9.47 Å². The molecule has 7 nitrogen and oxygen atoms in total. The fourth-order valence-corrected chi connectivity index (χ4v) is 2.81. The molecule has 3 N–H and O–H groups in total. The first kappa shape index (κ1) is 25.8. The van der Waals surface area contributed by atoms with Gasteiger partial charge >= 0.3 is 0 Å². The molecule has 8 heteroatoms. The zero-order valence-corrected chi connectivity index (χ0v) is 20.4. The Hall–Kier alpha value is -2.23. The van der Waals surface area contributed by atoms with E-state index >= 15 is 0 Å². The van der Waals surface area contributed by atoms with Gasteiger partial charge in [0.1, 0.15) is 5.82 Å². The number of unbranched alkanes of at least 4 members (excludes halogenated alkanes) is 1. The topological polar surface area (TPSA) is 79.8 Å².